The second-order valence-electron chi connectivity index (χ2n) is 5.12. The lowest BCUT2D eigenvalue weighted by Gasteiger charge is -2.44. The quantitative estimate of drug-likeness (QED) is 0.719. The zero-order valence-corrected chi connectivity index (χ0v) is 9.86. The van der Waals surface area contributed by atoms with Crippen molar-refractivity contribution in [2.45, 2.75) is 32.9 Å². The molecule has 0 radical (unpaired) electrons. The molecule has 2 nitrogen and oxygen atoms in total. The van der Waals surface area contributed by atoms with Crippen LogP contribution in [0.5, 0.6) is 0 Å². The van der Waals surface area contributed by atoms with E-state index in [1.54, 1.807) is 0 Å². The highest BCUT2D eigenvalue weighted by atomic mass is 19.4. The molecular weight excluding hydrogens is 219 g/mol. The zero-order chi connectivity index (χ0) is 12.2. The molecule has 0 spiro atoms. The minimum Gasteiger partial charge on any atom is -0.372 e. The van der Waals surface area contributed by atoms with Gasteiger partial charge in [-0.2, -0.15) is 13.2 Å². The molecule has 0 unspecified atom stereocenters. The summed E-state index contributed by atoms with van der Waals surface area (Å²) in [6, 6.07) is 0. The molecule has 0 amide bonds. The van der Waals surface area contributed by atoms with Crippen LogP contribution in [0.4, 0.5) is 13.2 Å². The topological polar surface area (TPSA) is 21.3 Å². The van der Waals surface area contributed by atoms with Gasteiger partial charge in [-0.3, -0.25) is 0 Å². The van der Waals surface area contributed by atoms with Crippen LogP contribution in [0.15, 0.2) is 0 Å². The average Bonchev–Trinajstić information content (AvgIpc) is 2.05. The average molecular weight is 239 g/mol. The Bertz CT molecular complexity index is 212. The van der Waals surface area contributed by atoms with Crippen molar-refractivity contribution < 1.29 is 17.9 Å². The summed E-state index contributed by atoms with van der Waals surface area (Å²) in [5, 5.41) is 3.19. The third-order valence-corrected chi connectivity index (χ3v) is 2.88. The van der Waals surface area contributed by atoms with E-state index in [1.165, 1.54) is 0 Å². The molecule has 1 rings (SSSR count). The van der Waals surface area contributed by atoms with E-state index < -0.39 is 12.8 Å². The summed E-state index contributed by atoms with van der Waals surface area (Å²) in [4.78, 5) is 0. The predicted octanol–water partition coefficient (Wildman–Crippen LogP) is 2.59. The molecule has 5 heteroatoms. The molecule has 0 aromatic heterocycles. The van der Waals surface area contributed by atoms with Gasteiger partial charge in [-0.05, 0) is 24.2 Å². The van der Waals surface area contributed by atoms with E-state index in [2.05, 4.69) is 23.9 Å². The number of halogens is 3. The van der Waals surface area contributed by atoms with E-state index in [9.17, 15) is 13.2 Å². The molecule has 1 N–H and O–H groups in total. The van der Waals surface area contributed by atoms with Crippen LogP contribution in [0, 0.1) is 11.3 Å². The SMILES string of the molecule is CC(C)CC1(CCOCC(F)(F)F)CNC1. The molecule has 96 valence electrons. The van der Waals surface area contributed by atoms with Crippen molar-refractivity contribution in [3.8, 4) is 0 Å². The maximum atomic E-state index is 11.8. The summed E-state index contributed by atoms with van der Waals surface area (Å²) < 4.78 is 40.2. The van der Waals surface area contributed by atoms with Crippen LogP contribution >= 0.6 is 0 Å². The van der Waals surface area contributed by atoms with Gasteiger partial charge < -0.3 is 10.1 Å². The van der Waals surface area contributed by atoms with Gasteiger partial charge >= 0.3 is 6.18 Å². The Balaban J connectivity index is 2.19. The monoisotopic (exact) mass is 239 g/mol. The smallest absolute Gasteiger partial charge is 0.372 e. The molecule has 1 aliphatic heterocycles. The van der Waals surface area contributed by atoms with Crippen molar-refractivity contribution in [2.75, 3.05) is 26.3 Å². The largest absolute Gasteiger partial charge is 0.411 e. The van der Waals surface area contributed by atoms with Crippen molar-refractivity contribution in [3.63, 3.8) is 0 Å². The first-order chi connectivity index (χ1) is 7.33. The molecule has 16 heavy (non-hydrogen) atoms. The van der Waals surface area contributed by atoms with E-state index in [0.29, 0.717) is 12.3 Å². The highest BCUT2D eigenvalue weighted by molar-refractivity contribution is 4.92. The molecule has 1 heterocycles. The Kier molecular flexibility index (Phi) is 4.62. The third-order valence-electron chi connectivity index (χ3n) is 2.88. The van der Waals surface area contributed by atoms with E-state index in [1.807, 2.05) is 0 Å². The summed E-state index contributed by atoms with van der Waals surface area (Å²) in [6.07, 6.45) is -2.44. The van der Waals surface area contributed by atoms with Gasteiger partial charge in [-0.25, -0.2) is 0 Å². The van der Waals surface area contributed by atoms with Crippen molar-refractivity contribution in [3.05, 3.63) is 0 Å². The van der Waals surface area contributed by atoms with Crippen LogP contribution in [0.25, 0.3) is 0 Å². The Morgan fingerprint density at radius 2 is 1.94 bits per heavy atom. The van der Waals surface area contributed by atoms with Crippen molar-refractivity contribution >= 4 is 0 Å². The summed E-state index contributed by atoms with van der Waals surface area (Å²) in [7, 11) is 0. The van der Waals surface area contributed by atoms with Crippen LogP contribution in [0.2, 0.25) is 0 Å². The number of rotatable bonds is 6. The highest BCUT2D eigenvalue weighted by Gasteiger charge is 2.37. The molecule has 0 aromatic carbocycles. The fraction of sp³-hybridized carbons (Fsp3) is 1.00. The van der Waals surface area contributed by atoms with Crippen LogP contribution in [0.1, 0.15) is 26.7 Å². The first-order valence-electron chi connectivity index (χ1n) is 5.68. The second-order valence-corrected chi connectivity index (χ2v) is 5.12. The lowest BCUT2D eigenvalue weighted by Crippen LogP contribution is -2.54. The minimum atomic E-state index is -4.21. The van der Waals surface area contributed by atoms with Gasteiger partial charge in [-0.1, -0.05) is 13.8 Å². The first kappa shape index (κ1) is 13.8. The standard InChI is InChI=1S/C11H20F3NO/c1-9(2)5-10(6-15-7-10)3-4-16-8-11(12,13)14/h9,15H,3-8H2,1-2H3. The van der Waals surface area contributed by atoms with Gasteiger partial charge in [0.1, 0.15) is 6.61 Å². The molecular formula is C11H20F3NO. The summed E-state index contributed by atoms with van der Waals surface area (Å²) >= 11 is 0. The van der Waals surface area contributed by atoms with Gasteiger partial charge in [0.2, 0.25) is 0 Å². The Morgan fingerprint density at radius 3 is 2.31 bits per heavy atom. The predicted molar refractivity (Wildman–Crippen MR) is 56.2 cm³/mol. The normalized spacial score (nSPS) is 19.9. The maximum absolute atomic E-state index is 11.8. The summed E-state index contributed by atoms with van der Waals surface area (Å²) in [5.74, 6) is 0.574. The van der Waals surface area contributed by atoms with Gasteiger partial charge in [0.15, 0.2) is 0 Å². The molecule has 0 aliphatic carbocycles. The lowest BCUT2D eigenvalue weighted by molar-refractivity contribution is -0.176. The van der Waals surface area contributed by atoms with Crippen molar-refractivity contribution in [1.29, 1.82) is 0 Å². The fourth-order valence-electron chi connectivity index (χ4n) is 2.24. The van der Waals surface area contributed by atoms with Gasteiger partial charge in [0.25, 0.3) is 0 Å². The summed E-state index contributed by atoms with van der Waals surface area (Å²) in [5.41, 5.74) is 0.166. The second kappa shape index (κ2) is 5.36. The van der Waals surface area contributed by atoms with Crippen LogP contribution in [-0.2, 0) is 4.74 Å². The highest BCUT2D eigenvalue weighted by Crippen LogP contribution is 2.34. The molecule has 0 bridgehead atoms. The number of ether oxygens (including phenoxy) is 1. The molecule has 1 saturated heterocycles. The number of nitrogens with one attached hydrogen (secondary N) is 1. The van der Waals surface area contributed by atoms with Gasteiger partial charge in [0.05, 0.1) is 0 Å². The minimum absolute atomic E-state index is 0.166. The number of alkyl halides is 3. The molecule has 0 saturated carbocycles. The van der Waals surface area contributed by atoms with Gasteiger partial charge in [0, 0.05) is 19.7 Å². The van der Waals surface area contributed by atoms with Crippen LogP contribution in [0.3, 0.4) is 0 Å². The Hall–Kier alpha value is -0.290. The maximum Gasteiger partial charge on any atom is 0.411 e. The number of hydrogen-bond donors (Lipinski definition) is 1. The molecule has 1 fully saturated rings. The van der Waals surface area contributed by atoms with E-state index >= 15 is 0 Å². The Labute approximate surface area is 94.5 Å². The summed E-state index contributed by atoms with van der Waals surface area (Å²) in [6.45, 7) is 5.15. The Morgan fingerprint density at radius 1 is 1.31 bits per heavy atom. The lowest BCUT2D eigenvalue weighted by atomic mass is 9.73. The fourth-order valence-corrected chi connectivity index (χ4v) is 2.24. The molecule has 0 aromatic rings. The number of hydrogen-bond acceptors (Lipinski definition) is 2. The van der Waals surface area contributed by atoms with Crippen LogP contribution in [-0.4, -0.2) is 32.5 Å². The van der Waals surface area contributed by atoms with Gasteiger partial charge in [-0.15, -0.1) is 0 Å². The zero-order valence-electron chi connectivity index (χ0n) is 9.86. The van der Waals surface area contributed by atoms with E-state index in [-0.39, 0.29) is 12.0 Å². The van der Waals surface area contributed by atoms with Crippen molar-refractivity contribution in [1.82, 2.24) is 5.32 Å². The molecule has 0 atom stereocenters. The molecule has 1 aliphatic rings. The van der Waals surface area contributed by atoms with Crippen LogP contribution < -0.4 is 5.32 Å². The van der Waals surface area contributed by atoms with E-state index in [0.717, 1.165) is 19.5 Å². The van der Waals surface area contributed by atoms with E-state index in [4.69, 9.17) is 0 Å². The third kappa shape index (κ3) is 4.70. The van der Waals surface area contributed by atoms with Crippen molar-refractivity contribution in [2.24, 2.45) is 11.3 Å². The first-order valence-corrected chi connectivity index (χ1v) is 5.68.